The van der Waals surface area contributed by atoms with E-state index < -0.39 is 71.7 Å². The zero-order chi connectivity index (χ0) is 20.0. The Morgan fingerprint density at radius 2 is 1.89 bits per heavy atom. The third-order valence-corrected chi connectivity index (χ3v) is 4.43. The van der Waals surface area contributed by atoms with Gasteiger partial charge in [0.15, 0.2) is 23.4 Å². The smallest absolute Gasteiger partial charge is 0.335 e. The van der Waals surface area contributed by atoms with Gasteiger partial charge in [0.25, 0.3) is 0 Å². The topological polar surface area (TPSA) is 143 Å². The summed E-state index contributed by atoms with van der Waals surface area (Å²) in [5.41, 5.74) is 0.0981. The van der Waals surface area contributed by atoms with Crippen molar-refractivity contribution in [2.75, 3.05) is 0 Å². The molecule has 0 radical (unpaired) electrons. The van der Waals surface area contributed by atoms with Crippen molar-refractivity contribution in [2.45, 2.75) is 50.0 Å². The average Bonchev–Trinajstić information content (AvgIpc) is 2.59. The van der Waals surface area contributed by atoms with Crippen molar-refractivity contribution in [2.24, 2.45) is 0 Å². The Kier molecular flexibility index (Phi) is 5.04. The highest BCUT2D eigenvalue weighted by atomic mass is 19.1. The van der Waals surface area contributed by atoms with Crippen molar-refractivity contribution in [3.63, 3.8) is 0 Å². The molecule has 0 saturated carbocycles. The van der Waals surface area contributed by atoms with E-state index in [0.717, 1.165) is 6.07 Å². The summed E-state index contributed by atoms with van der Waals surface area (Å²) in [6.07, 6.45) is -10.1. The van der Waals surface area contributed by atoms with E-state index in [4.69, 9.17) is 19.3 Å². The number of ether oxygens (including phenoxy) is 3. The number of carboxylic acid groups (broad SMARTS) is 1. The quantitative estimate of drug-likeness (QED) is 0.402. The second-order valence-electron chi connectivity index (χ2n) is 6.35. The van der Waals surface area contributed by atoms with Crippen LogP contribution in [-0.2, 0) is 14.3 Å². The number of halogens is 2. The Hall–Kier alpha value is -2.34. The van der Waals surface area contributed by atoms with Crippen molar-refractivity contribution < 1.29 is 53.0 Å². The summed E-state index contributed by atoms with van der Waals surface area (Å²) >= 11 is 0. The molecule has 6 unspecified atom stereocenters. The maximum absolute atomic E-state index is 14.7. The molecule has 0 amide bonds. The number of benzene rings is 1. The predicted octanol–water partition coefficient (Wildman–Crippen LogP) is -0.352. The van der Waals surface area contributed by atoms with Crippen molar-refractivity contribution in [3.05, 3.63) is 23.3 Å². The van der Waals surface area contributed by atoms with Gasteiger partial charge in [0.05, 0.1) is 6.42 Å². The number of hydrogen-bond donors (Lipinski definition) is 4. The number of aliphatic carboxylic acids is 1. The van der Waals surface area contributed by atoms with Crippen LogP contribution in [0, 0.1) is 11.6 Å². The average molecular weight is 390 g/mol. The monoisotopic (exact) mass is 390 g/mol. The van der Waals surface area contributed by atoms with Gasteiger partial charge in [-0.05, 0) is 12.0 Å². The molecule has 1 aromatic rings. The highest BCUT2D eigenvalue weighted by molar-refractivity contribution is 5.77. The summed E-state index contributed by atoms with van der Waals surface area (Å²) in [5.74, 6) is -7.15. The third kappa shape index (κ3) is 3.34. The zero-order valence-electron chi connectivity index (χ0n) is 13.8. The molecule has 9 nitrogen and oxygen atoms in total. The number of carbonyl (C=O) groups excluding carboxylic acids is 1. The first-order valence-electron chi connectivity index (χ1n) is 7.93. The maximum Gasteiger partial charge on any atom is 0.335 e. The minimum atomic E-state index is -2.01. The van der Waals surface area contributed by atoms with Gasteiger partial charge in [-0.1, -0.05) is 6.92 Å². The number of carboxylic acids is 1. The number of fused-ring (bicyclic) bond motifs is 1. The number of hydrogen-bond acceptors (Lipinski definition) is 8. The van der Waals surface area contributed by atoms with E-state index in [1.807, 2.05) is 0 Å². The standard InChI is InChI=1S/C16H16F2O9/c1-4-2-7(19)25-12-5(4)3-6(17)13(8(12)18)26-16-11(22)9(20)10(21)14(27-16)15(23)24/h3-4,9-11,14,16,20-22H,2H2,1H3,(H,23,24). The summed E-state index contributed by atoms with van der Waals surface area (Å²) in [5, 5.41) is 38.2. The molecule has 6 atom stereocenters. The Morgan fingerprint density at radius 3 is 2.52 bits per heavy atom. The van der Waals surface area contributed by atoms with Crippen LogP contribution in [-0.4, -0.2) is 63.1 Å². The van der Waals surface area contributed by atoms with Crippen LogP contribution in [0.5, 0.6) is 11.5 Å². The second-order valence-corrected chi connectivity index (χ2v) is 6.35. The molecule has 2 aliphatic heterocycles. The summed E-state index contributed by atoms with van der Waals surface area (Å²) in [4.78, 5) is 22.6. The molecule has 0 bridgehead atoms. The highest BCUT2D eigenvalue weighted by Gasteiger charge is 2.48. The normalized spacial score (nSPS) is 33.2. The number of rotatable bonds is 3. The first kappa shape index (κ1) is 19.4. The fraction of sp³-hybridized carbons (Fsp3) is 0.500. The van der Waals surface area contributed by atoms with Crippen LogP contribution in [0.15, 0.2) is 6.07 Å². The van der Waals surface area contributed by atoms with E-state index in [2.05, 4.69) is 0 Å². The van der Waals surface area contributed by atoms with Crippen LogP contribution in [0.2, 0.25) is 0 Å². The summed E-state index contributed by atoms with van der Waals surface area (Å²) in [7, 11) is 0. The summed E-state index contributed by atoms with van der Waals surface area (Å²) < 4.78 is 43.5. The molecule has 1 fully saturated rings. The van der Waals surface area contributed by atoms with Crippen LogP contribution in [0.3, 0.4) is 0 Å². The number of esters is 1. The van der Waals surface area contributed by atoms with Gasteiger partial charge in [-0.2, -0.15) is 4.39 Å². The molecule has 3 rings (SSSR count). The van der Waals surface area contributed by atoms with E-state index in [-0.39, 0.29) is 12.0 Å². The van der Waals surface area contributed by atoms with Gasteiger partial charge >= 0.3 is 11.9 Å². The molecular formula is C16H16F2O9. The fourth-order valence-corrected chi connectivity index (χ4v) is 2.96. The largest absolute Gasteiger partial charge is 0.479 e. The number of aliphatic hydroxyl groups is 3. The van der Waals surface area contributed by atoms with Crippen LogP contribution >= 0.6 is 0 Å². The Bertz CT molecular complexity index is 784. The molecule has 1 aromatic carbocycles. The third-order valence-electron chi connectivity index (χ3n) is 4.43. The lowest BCUT2D eigenvalue weighted by atomic mass is 9.94. The number of aliphatic hydroxyl groups excluding tert-OH is 3. The molecule has 27 heavy (non-hydrogen) atoms. The van der Waals surface area contributed by atoms with Crippen molar-refractivity contribution in [1.29, 1.82) is 0 Å². The van der Waals surface area contributed by atoms with Gasteiger partial charge in [-0.15, -0.1) is 0 Å². The molecular weight excluding hydrogens is 374 g/mol. The lowest BCUT2D eigenvalue weighted by Gasteiger charge is -2.38. The van der Waals surface area contributed by atoms with Crippen LogP contribution in [0.4, 0.5) is 8.78 Å². The van der Waals surface area contributed by atoms with Gasteiger partial charge in [0, 0.05) is 5.56 Å². The van der Waals surface area contributed by atoms with Gasteiger partial charge < -0.3 is 34.6 Å². The second kappa shape index (κ2) is 7.00. The molecule has 1 saturated heterocycles. The van der Waals surface area contributed by atoms with Crippen LogP contribution in [0.25, 0.3) is 0 Å². The van der Waals surface area contributed by atoms with Gasteiger partial charge in [0.2, 0.25) is 12.1 Å². The molecule has 0 aliphatic carbocycles. The van der Waals surface area contributed by atoms with Gasteiger partial charge in [0.1, 0.15) is 18.3 Å². The maximum atomic E-state index is 14.7. The fourth-order valence-electron chi connectivity index (χ4n) is 2.96. The molecule has 0 aromatic heterocycles. The Morgan fingerprint density at radius 1 is 1.22 bits per heavy atom. The van der Waals surface area contributed by atoms with E-state index in [9.17, 15) is 33.7 Å². The Balaban J connectivity index is 1.94. The number of carbonyl (C=O) groups is 2. The van der Waals surface area contributed by atoms with E-state index >= 15 is 0 Å². The lowest BCUT2D eigenvalue weighted by Crippen LogP contribution is -2.61. The van der Waals surface area contributed by atoms with Crippen LogP contribution in [0.1, 0.15) is 24.8 Å². The summed E-state index contributed by atoms with van der Waals surface area (Å²) in [6.45, 7) is 1.57. The zero-order valence-corrected chi connectivity index (χ0v) is 13.8. The highest BCUT2D eigenvalue weighted by Crippen LogP contribution is 2.42. The molecule has 0 spiro atoms. The molecule has 11 heteroatoms. The van der Waals surface area contributed by atoms with Crippen molar-refractivity contribution in [3.8, 4) is 11.5 Å². The Labute approximate surface area is 150 Å². The molecule has 148 valence electrons. The predicted molar refractivity (Wildman–Crippen MR) is 80.0 cm³/mol. The SMILES string of the molecule is CC1CC(=O)Oc2c1cc(F)c(OC1OC(C(=O)O)C(O)C(O)C1O)c2F. The van der Waals surface area contributed by atoms with Crippen LogP contribution < -0.4 is 9.47 Å². The summed E-state index contributed by atoms with van der Waals surface area (Å²) in [6, 6.07) is 0.889. The molecule has 4 N–H and O–H groups in total. The van der Waals surface area contributed by atoms with Gasteiger partial charge in [-0.25, -0.2) is 9.18 Å². The van der Waals surface area contributed by atoms with E-state index in [1.54, 1.807) is 6.92 Å². The van der Waals surface area contributed by atoms with Crippen molar-refractivity contribution in [1.82, 2.24) is 0 Å². The van der Waals surface area contributed by atoms with E-state index in [1.165, 1.54) is 0 Å². The molecule has 2 aliphatic rings. The van der Waals surface area contributed by atoms with E-state index in [0.29, 0.717) is 0 Å². The minimum absolute atomic E-state index is 0.0685. The first-order valence-corrected chi connectivity index (χ1v) is 7.93. The van der Waals surface area contributed by atoms with Crippen molar-refractivity contribution >= 4 is 11.9 Å². The molecule has 2 heterocycles. The minimum Gasteiger partial charge on any atom is -0.479 e. The lowest BCUT2D eigenvalue weighted by molar-refractivity contribution is -0.271. The van der Waals surface area contributed by atoms with Gasteiger partial charge in [-0.3, -0.25) is 4.79 Å². The first-order chi connectivity index (χ1) is 12.6.